The van der Waals surface area contributed by atoms with E-state index < -0.39 is 5.82 Å². The van der Waals surface area contributed by atoms with Crippen LogP contribution in [0.4, 0.5) is 4.39 Å². The molecule has 1 heterocycles. The Hall–Kier alpha value is -2.65. The SMILES string of the molecule is CC(NC(=O)c1ccc(F)cc1C#CCN)c1cn[nH]c1. The van der Waals surface area contributed by atoms with Gasteiger partial charge in [-0.3, -0.25) is 9.89 Å². The average molecular weight is 286 g/mol. The van der Waals surface area contributed by atoms with Gasteiger partial charge in [-0.1, -0.05) is 11.8 Å². The largest absolute Gasteiger partial charge is 0.345 e. The minimum Gasteiger partial charge on any atom is -0.345 e. The van der Waals surface area contributed by atoms with Crippen LogP contribution >= 0.6 is 0 Å². The van der Waals surface area contributed by atoms with E-state index in [1.165, 1.54) is 18.2 Å². The van der Waals surface area contributed by atoms with Crippen molar-refractivity contribution in [3.05, 3.63) is 53.1 Å². The summed E-state index contributed by atoms with van der Waals surface area (Å²) >= 11 is 0. The van der Waals surface area contributed by atoms with Crippen LogP contribution in [-0.2, 0) is 0 Å². The van der Waals surface area contributed by atoms with Gasteiger partial charge in [-0.05, 0) is 25.1 Å². The second-order valence-corrected chi connectivity index (χ2v) is 4.42. The van der Waals surface area contributed by atoms with Gasteiger partial charge < -0.3 is 11.1 Å². The molecule has 0 saturated heterocycles. The molecule has 1 unspecified atom stereocenters. The molecule has 0 aliphatic heterocycles. The lowest BCUT2D eigenvalue weighted by atomic mass is 10.1. The molecule has 1 aromatic heterocycles. The van der Waals surface area contributed by atoms with Crippen molar-refractivity contribution in [2.45, 2.75) is 13.0 Å². The van der Waals surface area contributed by atoms with Crippen LogP contribution in [0.2, 0.25) is 0 Å². The fourth-order valence-electron chi connectivity index (χ4n) is 1.82. The van der Waals surface area contributed by atoms with E-state index in [-0.39, 0.29) is 18.5 Å². The molecule has 0 aliphatic rings. The first-order valence-electron chi connectivity index (χ1n) is 6.40. The molecular formula is C15H15FN4O. The maximum absolute atomic E-state index is 13.3. The second kappa shape index (κ2) is 6.68. The Bertz CT molecular complexity index is 685. The minimum absolute atomic E-state index is 0.142. The molecule has 1 aromatic carbocycles. The Morgan fingerprint density at radius 3 is 3.05 bits per heavy atom. The Morgan fingerprint density at radius 1 is 1.57 bits per heavy atom. The monoisotopic (exact) mass is 286 g/mol. The lowest BCUT2D eigenvalue weighted by Gasteiger charge is -2.13. The molecule has 5 nitrogen and oxygen atoms in total. The third kappa shape index (κ3) is 3.68. The lowest BCUT2D eigenvalue weighted by molar-refractivity contribution is 0.0939. The van der Waals surface area contributed by atoms with Crippen molar-refractivity contribution in [1.82, 2.24) is 15.5 Å². The van der Waals surface area contributed by atoms with Crippen molar-refractivity contribution >= 4 is 5.91 Å². The van der Waals surface area contributed by atoms with Gasteiger partial charge in [0, 0.05) is 17.3 Å². The number of halogens is 1. The zero-order chi connectivity index (χ0) is 15.2. The van der Waals surface area contributed by atoms with Crippen LogP contribution in [-0.4, -0.2) is 22.6 Å². The predicted octanol–water partition coefficient (Wildman–Crippen LogP) is 1.35. The Morgan fingerprint density at radius 2 is 2.38 bits per heavy atom. The average Bonchev–Trinajstić information content (AvgIpc) is 2.99. The van der Waals surface area contributed by atoms with E-state index in [2.05, 4.69) is 27.4 Å². The normalized spacial score (nSPS) is 11.4. The molecule has 0 radical (unpaired) electrons. The summed E-state index contributed by atoms with van der Waals surface area (Å²) in [7, 11) is 0. The minimum atomic E-state index is -0.448. The fourth-order valence-corrected chi connectivity index (χ4v) is 1.82. The maximum atomic E-state index is 13.3. The molecule has 0 saturated carbocycles. The summed E-state index contributed by atoms with van der Waals surface area (Å²) in [5.74, 6) is 4.56. The van der Waals surface area contributed by atoms with E-state index in [1.54, 1.807) is 12.4 Å². The van der Waals surface area contributed by atoms with Crippen molar-refractivity contribution in [3.63, 3.8) is 0 Å². The van der Waals surface area contributed by atoms with Crippen LogP contribution in [0.3, 0.4) is 0 Å². The number of hydrogen-bond donors (Lipinski definition) is 3. The summed E-state index contributed by atoms with van der Waals surface area (Å²) in [6, 6.07) is 3.63. The standard InChI is InChI=1S/C15H15FN4O/c1-10(12-8-18-19-9-12)20-15(21)14-5-4-13(16)7-11(14)3-2-6-17/h4-5,7-10H,6,17H2,1H3,(H,18,19)(H,20,21). The van der Waals surface area contributed by atoms with E-state index in [4.69, 9.17) is 5.73 Å². The zero-order valence-electron chi connectivity index (χ0n) is 11.5. The van der Waals surface area contributed by atoms with E-state index in [0.29, 0.717) is 11.1 Å². The smallest absolute Gasteiger partial charge is 0.253 e. The maximum Gasteiger partial charge on any atom is 0.253 e. The van der Waals surface area contributed by atoms with Crippen LogP contribution in [0.5, 0.6) is 0 Å². The molecule has 0 aliphatic carbocycles. The highest BCUT2D eigenvalue weighted by molar-refractivity contribution is 5.97. The number of carbonyl (C=O) groups excluding carboxylic acids is 1. The summed E-state index contributed by atoms with van der Waals surface area (Å²) < 4.78 is 13.3. The molecule has 0 spiro atoms. The second-order valence-electron chi connectivity index (χ2n) is 4.42. The third-order valence-electron chi connectivity index (χ3n) is 2.92. The zero-order valence-corrected chi connectivity index (χ0v) is 11.5. The van der Waals surface area contributed by atoms with Gasteiger partial charge in [0.2, 0.25) is 0 Å². The van der Waals surface area contributed by atoms with Crippen molar-refractivity contribution in [1.29, 1.82) is 0 Å². The van der Waals surface area contributed by atoms with Gasteiger partial charge >= 0.3 is 0 Å². The highest BCUT2D eigenvalue weighted by Gasteiger charge is 2.15. The molecule has 4 N–H and O–H groups in total. The summed E-state index contributed by atoms with van der Waals surface area (Å²) in [6.45, 7) is 1.97. The summed E-state index contributed by atoms with van der Waals surface area (Å²) in [6.07, 6.45) is 3.33. The van der Waals surface area contributed by atoms with Gasteiger partial charge in [0.05, 0.1) is 24.3 Å². The first-order valence-corrected chi connectivity index (χ1v) is 6.40. The van der Waals surface area contributed by atoms with Gasteiger partial charge in [-0.2, -0.15) is 5.10 Å². The highest BCUT2D eigenvalue weighted by atomic mass is 19.1. The van der Waals surface area contributed by atoms with Crippen LogP contribution in [0.25, 0.3) is 0 Å². The van der Waals surface area contributed by atoms with Gasteiger partial charge in [0.1, 0.15) is 5.82 Å². The molecule has 108 valence electrons. The number of H-pyrrole nitrogens is 1. The first kappa shape index (κ1) is 14.8. The number of nitrogens with one attached hydrogen (secondary N) is 2. The molecule has 6 heteroatoms. The fraction of sp³-hybridized carbons (Fsp3) is 0.200. The van der Waals surface area contributed by atoms with Crippen LogP contribution < -0.4 is 11.1 Å². The highest BCUT2D eigenvalue weighted by Crippen LogP contribution is 2.14. The Balaban J connectivity index is 2.22. The molecule has 1 atom stereocenters. The van der Waals surface area contributed by atoms with E-state index in [0.717, 1.165) is 5.56 Å². The van der Waals surface area contributed by atoms with Gasteiger partial charge in [0.25, 0.3) is 5.91 Å². The molecule has 21 heavy (non-hydrogen) atoms. The predicted molar refractivity (Wildman–Crippen MR) is 76.8 cm³/mol. The lowest BCUT2D eigenvalue weighted by Crippen LogP contribution is -2.27. The van der Waals surface area contributed by atoms with Crippen molar-refractivity contribution < 1.29 is 9.18 Å². The molecule has 0 bridgehead atoms. The molecule has 2 aromatic rings. The molecular weight excluding hydrogens is 271 g/mol. The Labute approximate surface area is 121 Å². The molecule has 1 amide bonds. The molecule has 2 rings (SSSR count). The number of nitrogens with zero attached hydrogens (tertiary/aromatic N) is 1. The number of nitrogens with two attached hydrogens (primary N) is 1. The quantitative estimate of drug-likeness (QED) is 0.745. The van der Waals surface area contributed by atoms with E-state index in [1.807, 2.05) is 6.92 Å². The van der Waals surface area contributed by atoms with E-state index >= 15 is 0 Å². The number of benzene rings is 1. The van der Waals surface area contributed by atoms with Gasteiger partial charge in [0.15, 0.2) is 0 Å². The van der Waals surface area contributed by atoms with Crippen LogP contribution in [0, 0.1) is 17.7 Å². The van der Waals surface area contributed by atoms with Crippen LogP contribution in [0.1, 0.15) is 34.5 Å². The summed E-state index contributed by atoms with van der Waals surface area (Å²) in [4.78, 5) is 12.3. The number of amides is 1. The number of rotatable bonds is 3. The van der Waals surface area contributed by atoms with Gasteiger partial charge in [-0.25, -0.2) is 4.39 Å². The Kier molecular flexibility index (Phi) is 4.69. The number of hydrogen-bond acceptors (Lipinski definition) is 3. The number of aromatic amines is 1. The molecule has 0 fully saturated rings. The summed E-state index contributed by atoms with van der Waals surface area (Å²) in [5.41, 5.74) is 6.78. The van der Waals surface area contributed by atoms with Gasteiger partial charge in [-0.15, -0.1) is 0 Å². The van der Waals surface area contributed by atoms with Crippen molar-refractivity contribution in [2.75, 3.05) is 6.54 Å². The van der Waals surface area contributed by atoms with E-state index in [9.17, 15) is 9.18 Å². The van der Waals surface area contributed by atoms with Crippen molar-refractivity contribution in [3.8, 4) is 11.8 Å². The van der Waals surface area contributed by atoms with Crippen LogP contribution in [0.15, 0.2) is 30.6 Å². The van der Waals surface area contributed by atoms with Crippen molar-refractivity contribution in [2.24, 2.45) is 5.73 Å². The number of carbonyl (C=O) groups is 1. The topological polar surface area (TPSA) is 83.8 Å². The first-order chi connectivity index (χ1) is 10.1. The third-order valence-corrected chi connectivity index (χ3v) is 2.92. The summed E-state index contributed by atoms with van der Waals surface area (Å²) in [5, 5.41) is 9.33. The number of aromatic nitrogens is 2.